The van der Waals surface area contributed by atoms with Gasteiger partial charge in [-0.25, -0.2) is 0 Å². The average molecular weight is 417 g/mol. The average Bonchev–Trinajstić information content (AvgIpc) is 3.17. The number of fused-ring (bicyclic) bond motifs is 6. The quantitative estimate of drug-likeness (QED) is 0.572. The molecule has 1 spiro atoms. The number of esters is 1. The van der Waals surface area contributed by atoms with Crippen LogP contribution in [0.25, 0.3) is 0 Å². The Morgan fingerprint density at radius 3 is 2.52 bits per heavy atom. The summed E-state index contributed by atoms with van der Waals surface area (Å²) in [6.45, 7) is 6.36. The first-order valence-electron chi connectivity index (χ1n) is 11.3. The minimum absolute atomic E-state index is 0.0152. The summed E-state index contributed by atoms with van der Waals surface area (Å²) >= 11 is 1.39. The molecule has 1 saturated heterocycles. The highest BCUT2D eigenvalue weighted by molar-refractivity contribution is 8.14. The molecule has 4 aliphatic carbocycles. The van der Waals surface area contributed by atoms with Gasteiger partial charge in [0.1, 0.15) is 5.60 Å². The molecule has 0 aromatic heterocycles. The van der Waals surface area contributed by atoms with Gasteiger partial charge in [0.2, 0.25) is 0 Å². The normalized spacial score (nSPS) is 48.6. The SMILES string of the molecule is CC(=O)SC1CC(=O)C=C2CCC3C4CC[C@@]5(CCC(=O)O5)C4(C)CC[C@@H]3C21C. The van der Waals surface area contributed by atoms with Crippen molar-refractivity contribution in [1.29, 1.82) is 0 Å². The van der Waals surface area contributed by atoms with Gasteiger partial charge in [0, 0.05) is 35.8 Å². The number of carbonyl (C=O) groups is 3. The van der Waals surface area contributed by atoms with Crippen LogP contribution in [0.1, 0.15) is 78.6 Å². The van der Waals surface area contributed by atoms with Crippen LogP contribution in [0.2, 0.25) is 0 Å². The lowest BCUT2D eigenvalue weighted by molar-refractivity contribution is -0.167. The van der Waals surface area contributed by atoms with Crippen molar-refractivity contribution in [1.82, 2.24) is 0 Å². The van der Waals surface area contributed by atoms with Gasteiger partial charge in [0.15, 0.2) is 10.9 Å². The second-order valence-corrected chi connectivity index (χ2v) is 12.0. The van der Waals surface area contributed by atoms with Crippen molar-refractivity contribution in [3.63, 3.8) is 0 Å². The molecule has 0 N–H and O–H groups in total. The first-order valence-corrected chi connectivity index (χ1v) is 12.2. The molecule has 4 fully saturated rings. The predicted molar refractivity (Wildman–Crippen MR) is 112 cm³/mol. The Labute approximate surface area is 177 Å². The standard InChI is InChI=1S/C24H32O4S/c1-14(25)29-20-13-16(26)12-15-4-5-17-18-7-10-24(11-8-21(27)28-24)22(18,2)9-6-19(17)23(15,20)3/h12,17-20H,4-11,13H2,1-3H3/t17?,18?,19-,20?,22?,23?,24+/m0/s1. The van der Waals surface area contributed by atoms with Crippen molar-refractivity contribution in [2.45, 2.75) is 89.4 Å². The van der Waals surface area contributed by atoms with Crippen LogP contribution in [-0.2, 0) is 19.1 Å². The molecule has 4 nitrogen and oxygen atoms in total. The maximum Gasteiger partial charge on any atom is 0.306 e. The van der Waals surface area contributed by atoms with E-state index in [1.165, 1.54) is 17.3 Å². The lowest BCUT2D eigenvalue weighted by Crippen LogP contribution is -2.57. The number of allylic oxidation sites excluding steroid dienone is 1. The topological polar surface area (TPSA) is 60.4 Å². The van der Waals surface area contributed by atoms with Crippen LogP contribution in [0.15, 0.2) is 11.6 Å². The maximum atomic E-state index is 12.4. The van der Waals surface area contributed by atoms with Gasteiger partial charge in [0.05, 0.1) is 0 Å². The van der Waals surface area contributed by atoms with Crippen molar-refractivity contribution in [3.05, 3.63) is 11.6 Å². The van der Waals surface area contributed by atoms with Crippen molar-refractivity contribution >= 4 is 28.6 Å². The summed E-state index contributed by atoms with van der Waals surface area (Å²) in [6, 6.07) is 0. The molecule has 1 aliphatic heterocycles. The van der Waals surface area contributed by atoms with E-state index >= 15 is 0 Å². The number of ether oxygens (including phenoxy) is 1. The Hall–Kier alpha value is -1.10. The van der Waals surface area contributed by atoms with E-state index < -0.39 is 0 Å². The van der Waals surface area contributed by atoms with E-state index in [1.54, 1.807) is 6.92 Å². The molecular formula is C24H32O4S. The number of ketones is 1. The Bertz CT molecular complexity index is 818. The van der Waals surface area contributed by atoms with Crippen molar-refractivity contribution in [3.8, 4) is 0 Å². The zero-order valence-electron chi connectivity index (χ0n) is 17.8. The summed E-state index contributed by atoms with van der Waals surface area (Å²) in [5.41, 5.74) is 1.05. The molecule has 3 saturated carbocycles. The molecule has 5 heteroatoms. The fourth-order valence-corrected chi connectivity index (χ4v) is 9.46. The van der Waals surface area contributed by atoms with Gasteiger partial charge >= 0.3 is 5.97 Å². The zero-order chi connectivity index (χ0) is 20.6. The molecule has 0 radical (unpaired) electrons. The van der Waals surface area contributed by atoms with Crippen molar-refractivity contribution in [2.24, 2.45) is 28.6 Å². The van der Waals surface area contributed by atoms with Gasteiger partial charge in [-0.15, -0.1) is 0 Å². The van der Waals surface area contributed by atoms with Gasteiger partial charge in [-0.05, 0) is 68.8 Å². The fraction of sp³-hybridized carbons (Fsp3) is 0.792. The van der Waals surface area contributed by atoms with E-state index in [-0.39, 0.29) is 38.5 Å². The Morgan fingerprint density at radius 1 is 1.07 bits per heavy atom. The molecule has 0 amide bonds. The van der Waals surface area contributed by atoms with E-state index in [9.17, 15) is 14.4 Å². The Morgan fingerprint density at radius 2 is 1.83 bits per heavy atom. The Balaban J connectivity index is 1.50. The Kier molecular flexibility index (Phi) is 4.41. The molecule has 0 aromatic rings. The van der Waals surface area contributed by atoms with Crippen LogP contribution >= 0.6 is 11.8 Å². The van der Waals surface area contributed by atoms with Gasteiger partial charge in [-0.1, -0.05) is 31.2 Å². The number of carbonyl (C=O) groups excluding carboxylic acids is 3. The smallest absolute Gasteiger partial charge is 0.306 e. The van der Waals surface area contributed by atoms with Crippen LogP contribution in [0.3, 0.4) is 0 Å². The molecule has 158 valence electrons. The summed E-state index contributed by atoms with van der Waals surface area (Å²) in [5.74, 6) is 1.85. The van der Waals surface area contributed by atoms with Gasteiger partial charge in [-0.3, -0.25) is 14.4 Å². The zero-order valence-corrected chi connectivity index (χ0v) is 18.6. The second kappa shape index (κ2) is 6.45. The van der Waals surface area contributed by atoms with E-state index in [1.807, 2.05) is 6.08 Å². The summed E-state index contributed by atoms with van der Waals surface area (Å²) < 4.78 is 6.04. The third kappa shape index (κ3) is 2.61. The second-order valence-electron chi connectivity index (χ2n) is 10.6. The molecule has 5 aliphatic rings. The molecule has 0 aromatic carbocycles. The molecule has 5 rings (SSSR count). The van der Waals surface area contributed by atoms with Crippen LogP contribution in [-0.4, -0.2) is 27.7 Å². The summed E-state index contributed by atoms with van der Waals surface area (Å²) in [5, 5.41) is 0.176. The molecule has 7 atom stereocenters. The number of hydrogen-bond acceptors (Lipinski definition) is 5. The molecule has 1 heterocycles. The molecule has 0 bridgehead atoms. The van der Waals surface area contributed by atoms with Gasteiger partial charge in [0.25, 0.3) is 0 Å². The lowest BCUT2D eigenvalue weighted by Gasteiger charge is -2.60. The summed E-state index contributed by atoms with van der Waals surface area (Å²) in [7, 11) is 0. The highest BCUT2D eigenvalue weighted by Crippen LogP contribution is 2.70. The first kappa shape index (κ1) is 19.8. The van der Waals surface area contributed by atoms with Crippen molar-refractivity contribution in [2.75, 3.05) is 0 Å². The first-order chi connectivity index (χ1) is 13.7. The fourth-order valence-electron chi connectivity index (χ4n) is 8.24. The summed E-state index contributed by atoms with van der Waals surface area (Å²) in [4.78, 5) is 36.4. The molecule has 29 heavy (non-hydrogen) atoms. The van der Waals surface area contributed by atoms with E-state index in [4.69, 9.17) is 4.74 Å². The third-order valence-electron chi connectivity index (χ3n) is 9.68. The predicted octanol–water partition coefficient (Wildman–Crippen LogP) is 4.85. The van der Waals surface area contributed by atoms with Crippen LogP contribution in [0.4, 0.5) is 0 Å². The minimum atomic E-state index is -0.243. The monoisotopic (exact) mass is 416 g/mol. The maximum absolute atomic E-state index is 12.4. The highest BCUT2D eigenvalue weighted by atomic mass is 32.2. The molecular weight excluding hydrogens is 384 g/mol. The van der Waals surface area contributed by atoms with Crippen LogP contribution in [0, 0.1) is 28.6 Å². The van der Waals surface area contributed by atoms with E-state index in [0.29, 0.717) is 30.6 Å². The van der Waals surface area contributed by atoms with E-state index in [0.717, 1.165) is 44.9 Å². The third-order valence-corrected chi connectivity index (χ3v) is 10.9. The van der Waals surface area contributed by atoms with E-state index in [2.05, 4.69) is 13.8 Å². The van der Waals surface area contributed by atoms with Crippen LogP contribution < -0.4 is 0 Å². The highest BCUT2D eigenvalue weighted by Gasteiger charge is 2.67. The largest absolute Gasteiger partial charge is 0.458 e. The number of thioether (sulfide) groups is 1. The number of rotatable bonds is 1. The lowest BCUT2D eigenvalue weighted by atomic mass is 9.46. The number of hydrogen-bond donors (Lipinski definition) is 0. The van der Waals surface area contributed by atoms with Gasteiger partial charge < -0.3 is 4.74 Å². The van der Waals surface area contributed by atoms with Gasteiger partial charge in [-0.2, -0.15) is 0 Å². The van der Waals surface area contributed by atoms with Crippen LogP contribution in [0.5, 0.6) is 0 Å². The minimum Gasteiger partial charge on any atom is -0.458 e. The summed E-state index contributed by atoms with van der Waals surface area (Å²) in [6.07, 6.45) is 10.3. The van der Waals surface area contributed by atoms with Crippen molar-refractivity contribution < 1.29 is 19.1 Å². The molecule has 5 unspecified atom stereocenters.